The molecule has 102 valence electrons. The van der Waals surface area contributed by atoms with E-state index < -0.39 is 0 Å². The molecule has 4 heteroatoms. The van der Waals surface area contributed by atoms with Crippen LogP contribution in [0.4, 0.5) is 0 Å². The lowest BCUT2D eigenvalue weighted by atomic mass is 10.1. The van der Waals surface area contributed by atoms with Crippen molar-refractivity contribution in [3.05, 3.63) is 65.1 Å². The van der Waals surface area contributed by atoms with Crippen molar-refractivity contribution in [1.29, 1.82) is 0 Å². The first-order valence-corrected chi connectivity index (χ1v) is 6.98. The lowest BCUT2D eigenvalue weighted by Gasteiger charge is -2.15. The highest BCUT2D eigenvalue weighted by atomic mass is 35.5. The number of nitrogens with one attached hydrogen (secondary N) is 1. The molecular weight excluding hydrogens is 272 g/mol. The Morgan fingerprint density at radius 3 is 2.75 bits per heavy atom. The lowest BCUT2D eigenvalue weighted by Crippen LogP contribution is -2.21. The number of benzene rings is 1. The fraction of sp³-hybridized carbons (Fsp3) is 0.188. The summed E-state index contributed by atoms with van der Waals surface area (Å²) in [5.41, 5.74) is 1.98. The third kappa shape index (κ3) is 2.55. The maximum absolute atomic E-state index is 6.02. The van der Waals surface area contributed by atoms with Gasteiger partial charge in [-0.15, -0.1) is 0 Å². The van der Waals surface area contributed by atoms with Crippen LogP contribution in [-0.4, -0.2) is 11.5 Å². The van der Waals surface area contributed by atoms with Crippen LogP contribution < -0.4 is 5.32 Å². The number of fused-ring (bicyclic) bond motifs is 1. The van der Waals surface area contributed by atoms with Crippen LogP contribution in [0.1, 0.15) is 24.3 Å². The smallest absolute Gasteiger partial charge is 0.134 e. The molecule has 0 spiro atoms. The summed E-state index contributed by atoms with van der Waals surface area (Å²) >= 11 is 6.02. The van der Waals surface area contributed by atoms with Crippen LogP contribution in [0.5, 0.6) is 0 Å². The van der Waals surface area contributed by atoms with Crippen LogP contribution in [0.3, 0.4) is 0 Å². The Balaban J connectivity index is 2.05. The molecule has 20 heavy (non-hydrogen) atoms. The fourth-order valence-corrected chi connectivity index (χ4v) is 2.50. The number of aromatic nitrogens is 1. The van der Waals surface area contributed by atoms with Gasteiger partial charge in [0.15, 0.2) is 0 Å². The summed E-state index contributed by atoms with van der Waals surface area (Å²) in [7, 11) is 0. The van der Waals surface area contributed by atoms with E-state index in [2.05, 4.69) is 17.2 Å². The topological polar surface area (TPSA) is 38.1 Å². The van der Waals surface area contributed by atoms with E-state index >= 15 is 0 Å². The Morgan fingerprint density at radius 2 is 2.00 bits per heavy atom. The van der Waals surface area contributed by atoms with Gasteiger partial charge in [0.25, 0.3) is 0 Å². The van der Waals surface area contributed by atoms with Crippen molar-refractivity contribution >= 4 is 22.6 Å². The highest BCUT2D eigenvalue weighted by molar-refractivity contribution is 6.31. The molecule has 3 aromatic rings. The summed E-state index contributed by atoms with van der Waals surface area (Å²) in [5.74, 6) is 0.885. The average molecular weight is 287 g/mol. The maximum Gasteiger partial charge on any atom is 0.134 e. The van der Waals surface area contributed by atoms with E-state index in [0.717, 1.165) is 28.8 Å². The second-order valence-corrected chi connectivity index (χ2v) is 5.04. The number of halogens is 1. The molecule has 0 bridgehead atoms. The van der Waals surface area contributed by atoms with Crippen molar-refractivity contribution in [3.8, 4) is 0 Å². The molecule has 0 amide bonds. The van der Waals surface area contributed by atoms with Crippen LogP contribution in [0.2, 0.25) is 5.02 Å². The molecule has 0 aliphatic rings. The molecule has 1 atom stereocenters. The predicted molar refractivity (Wildman–Crippen MR) is 81.0 cm³/mol. The Morgan fingerprint density at radius 1 is 1.20 bits per heavy atom. The molecule has 0 aliphatic heterocycles. The van der Waals surface area contributed by atoms with Gasteiger partial charge >= 0.3 is 0 Å². The van der Waals surface area contributed by atoms with Crippen molar-refractivity contribution in [2.75, 3.05) is 6.54 Å². The van der Waals surface area contributed by atoms with Gasteiger partial charge in [0, 0.05) is 22.8 Å². The first kappa shape index (κ1) is 13.2. The zero-order chi connectivity index (χ0) is 13.9. The minimum absolute atomic E-state index is 0.0224. The molecule has 3 nitrogen and oxygen atoms in total. The predicted octanol–water partition coefficient (Wildman–Crippen LogP) is 4.18. The van der Waals surface area contributed by atoms with E-state index in [4.69, 9.17) is 16.0 Å². The quantitative estimate of drug-likeness (QED) is 0.782. The van der Waals surface area contributed by atoms with Gasteiger partial charge in [-0.3, -0.25) is 4.98 Å². The zero-order valence-electron chi connectivity index (χ0n) is 11.1. The average Bonchev–Trinajstić information content (AvgIpc) is 2.88. The summed E-state index contributed by atoms with van der Waals surface area (Å²) in [6, 6.07) is 11.7. The van der Waals surface area contributed by atoms with Gasteiger partial charge in [-0.2, -0.15) is 0 Å². The standard InChI is InChI=1S/C16H15ClN2O/c1-2-19-16(11-5-7-18-8-6-11)15-10-12-9-13(17)3-4-14(12)20-15/h3-10,16,19H,2H2,1H3. The second-order valence-electron chi connectivity index (χ2n) is 4.60. The molecule has 0 radical (unpaired) electrons. The molecule has 1 unspecified atom stereocenters. The fourth-order valence-electron chi connectivity index (χ4n) is 2.32. The number of hydrogen-bond donors (Lipinski definition) is 1. The molecule has 1 aromatic carbocycles. The van der Waals surface area contributed by atoms with Crippen molar-refractivity contribution in [1.82, 2.24) is 10.3 Å². The van der Waals surface area contributed by atoms with Gasteiger partial charge in [-0.05, 0) is 48.5 Å². The summed E-state index contributed by atoms with van der Waals surface area (Å²) in [6.07, 6.45) is 3.58. The Kier molecular flexibility index (Phi) is 3.72. The Bertz CT molecular complexity index is 709. The molecule has 3 rings (SSSR count). The summed E-state index contributed by atoms with van der Waals surface area (Å²) < 4.78 is 5.95. The molecule has 0 aliphatic carbocycles. The molecule has 0 fully saturated rings. The number of nitrogens with zero attached hydrogens (tertiary/aromatic N) is 1. The third-order valence-electron chi connectivity index (χ3n) is 3.23. The van der Waals surface area contributed by atoms with E-state index in [1.807, 2.05) is 36.4 Å². The van der Waals surface area contributed by atoms with Gasteiger partial charge in [0.2, 0.25) is 0 Å². The highest BCUT2D eigenvalue weighted by Crippen LogP contribution is 2.29. The molecule has 2 heterocycles. The minimum atomic E-state index is 0.0224. The number of rotatable bonds is 4. The summed E-state index contributed by atoms with van der Waals surface area (Å²) in [4.78, 5) is 4.06. The van der Waals surface area contributed by atoms with Crippen LogP contribution in [0.25, 0.3) is 11.0 Å². The van der Waals surface area contributed by atoms with Crippen molar-refractivity contribution in [2.45, 2.75) is 13.0 Å². The minimum Gasteiger partial charge on any atom is -0.459 e. The first-order chi connectivity index (χ1) is 9.78. The molecule has 0 saturated carbocycles. The first-order valence-electron chi connectivity index (χ1n) is 6.60. The van der Waals surface area contributed by atoms with E-state index in [-0.39, 0.29) is 6.04 Å². The summed E-state index contributed by atoms with van der Waals surface area (Å²) in [5, 5.41) is 5.17. The van der Waals surface area contributed by atoms with Gasteiger partial charge in [-0.1, -0.05) is 18.5 Å². The summed E-state index contributed by atoms with van der Waals surface area (Å²) in [6.45, 7) is 2.93. The normalized spacial score (nSPS) is 12.7. The van der Waals surface area contributed by atoms with Crippen LogP contribution >= 0.6 is 11.6 Å². The second kappa shape index (κ2) is 5.65. The van der Waals surface area contributed by atoms with E-state index in [9.17, 15) is 0 Å². The van der Waals surface area contributed by atoms with Crippen molar-refractivity contribution < 1.29 is 4.42 Å². The number of hydrogen-bond acceptors (Lipinski definition) is 3. The van der Waals surface area contributed by atoms with Crippen LogP contribution in [0, 0.1) is 0 Å². The molecular formula is C16H15ClN2O. The Hall–Kier alpha value is -1.84. The molecule has 0 saturated heterocycles. The molecule has 1 N–H and O–H groups in total. The third-order valence-corrected chi connectivity index (χ3v) is 3.46. The monoisotopic (exact) mass is 286 g/mol. The number of furan rings is 1. The lowest BCUT2D eigenvalue weighted by molar-refractivity contribution is 0.477. The number of pyridine rings is 1. The zero-order valence-corrected chi connectivity index (χ0v) is 11.9. The van der Waals surface area contributed by atoms with Crippen molar-refractivity contribution in [3.63, 3.8) is 0 Å². The van der Waals surface area contributed by atoms with Gasteiger partial charge in [0.05, 0.1) is 6.04 Å². The van der Waals surface area contributed by atoms with E-state index in [0.29, 0.717) is 5.02 Å². The molecule has 2 aromatic heterocycles. The highest BCUT2D eigenvalue weighted by Gasteiger charge is 2.17. The van der Waals surface area contributed by atoms with E-state index in [1.54, 1.807) is 12.4 Å². The Labute approximate surface area is 122 Å². The largest absolute Gasteiger partial charge is 0.459 e. The van der Waals surface area contributed by atoms with E-state index in [1.165, 1.54) is 0 Å². The van der Waals surface area contributed by atoms with Crippen molar-refractivity contribution in [2.24, 2.45) is 0 Å². The van der Waals surface area contributed by atoms with Gasteiger partial charge < -0.3 is 9.73 Å². The SMILES string of the molecule is CCNC(c1ccncc1)c1cc2cc(Cl)ccc2o1. The van der Waals surface area contributed by atoms with Gasteiger partial charge in [0.1, 0.15) is 11.3 Å². The van der Waals surface area contributed by atoms with Crippen LogP contribution in [-0.2, 0) is 0 Å². The van der Waals surface area contributed by atoms with Gasteiger partial charge in [-0.25, -0.2) is 0 Å². The maximum atomic E-state index is 6.02. The van der Waals surface area contributed by atoms with Crippen LogP contribution in [0.15, 0.2) is 53.2 Å².